The maximum Gasteiger partial charge on any atom is 0.361 e. The summed E-state index contributed by atoms with van der Waals surface area (Å²) in [6.07, 6.45) is 1.66. The van der Waals surface area contributed by atoms with Gasteiger partial charge in [-0.05, 0) is 35.9 Å². The number of methoxy groups -OCH3 is 4. The Kier molecular flexibility index (Phi) is 5.35. The zero-order valence-corrected chi connectivity index (χ0v) is 21.4. The van der Waals surface area contributed by atoms with Gasteiger partial charge in [-0.3, -0.25) is 0 Å². The first-order valence-electron chi connectivity index (χ1n) is 11.8. The number of ether oxygens (including phenoxy) is 4. The second kappa shape index (κ2) is 8.66. The van der Waals surface area contributed by atoms with E-state index in [1.165, 1.54) is 40.6 Å². The summed E-state index contributed by atoms with van der Waals surface area (Å²) in [5.41, 5.74) is 1.49. The molecule has 3 aromatic carbocycles. The Hall–Kier alpha value is -5.25. The molecule has 0 saturated carbocycles. The number of aromatic nitrogens is 1. The molecule has 3 aromatic heterocycles. The Balaban J connectivity index is 1.94. The fraction of sp³-hybridized carbons (Fsp3) is 0.138. The lowest BCUT2D eigenvalue weighted by molar-refractivity contribution is 0.335. The Bertz CT molecular complexity index is 2020. The van der Waals surface area contributed by atoms with Gasteiger partial charge in [-0.1, -0.05) is 6.07 Å². The van der Waals surface area contributed by atoms with E-state index in [0.717, 1.165) is 0 Å². The minimum atomic E-state index is -0.641. The van der Waals surface area contributed by atoms with Crippen molar-refractivity contribution in [3.63, 3.8) is 0 Å². The normalized spacial score (nSPS) is 11.5. The predicted octanol–water partition coefficient (Wildman–Crippen LogP) is 5.17. The van der Waals surface area contributed by atoms with E-state index in [1.54, 1.807) is 40.9 Å². The summed E-state index contributed by atoms with van der Waals surface area (Å²) in [4.78, 5) is 13.5. The standard InChI is InChI=1S/C29H23NO9/c1-35-20-9-13(5-6-17(20)31)23-24-16-11-21(36-2)18(32)12-19(16)39-29(34)26(24)30-8-7-14-15(25(23)30)10-22(37-3)28(38-4)27(14)33/h5-12,31-33H,1-4H3. The molecule has 0 aliphatic rings. The average molecular weight is 530 g/mol. The molecule has 0 saturated heterocycles. The number of hydrogen-bond donors (Lipinski definition) is 3. The molecule has 0 atom stereocenters. The first-order valence-corrected chi connectivity index (χ1v) is 11.8. The van der Waals surface area contributed by atoms with Crippen LogP contribution in [0.2, 0.25) is 0 Å². The Morgan fingerprint density at radius 1 is 0.718 bits per heavy atom. The highest BCUT2D eigenvalue weighted by atomic mass is 16.5. The summed E-state index contributed by atoms with van der Waals surface area (Å²) in [5, 5.41) is 33.8. The third-order valence-electron chi connectivity index (χ3n) is 6.95. The fourth-order valence-corrected chi connectivity index (χ4v) is 5.22. The first-order chi connectivity index (χ1) is 18.8. The molecule has 39 heavy (non-hydrogen) atoms. The van der Waals surface area contributed by atoms with Crippen molar-refractivity contribution >= 4 is 38.2 Å². The van der Waals surface area contributed by atoms with Crippen LogP contribution < -0.4 is 24.6 Å². The summed E-state index contributed by atoms with van der Waals surface area (Å²) < 4.78 is 29.0. The number of fused-ring (bicyclic) bond motifs is 7. The highest BCUT2D eigenvalue weighted by Crippen LogP contribution is 2.49. The third kappa shape index (κ3) is 3.31. The van der Waals surface area contributed by atoms with Gasteiger partial charge in [0.15, 0.2) is 34.5 Å². The van der Waals surface area contributed by atoms with Crippen LogP contribution in [0.4, 0.5) is 0 Å². The molecule has 0 fully saturated rings. The summed E-state index contributed by atoms with van der Waals surface area (Å²) in [5.74, 6) is 0.510. The van der Waals surface area contributed by atoms with Crippen molar-refractivity contribution in [3.05, 3.63) is 59.1 Å². The quantitative estimate of drug-likeness (QED) is 0.259. The number of hydrogen-bond acceptors (Lipinski definition) is 9. The number of nitrogens with zero attached hydrogens (tertiary/aromatic N) is 1. The van der Waals surface area contributed by atoms with Gasteiger partial charge in [0, 0.05) is 39.4 Å². The number of phenols is 3. The van der Waals surface area contributed by atoms with E-state index >= 15 is 0 Å². The lowest BCUT2D eigenvalue weighted by Gasteiger charge is -2.14. The van der Waals surface area contributed by atoms with Crippen LogP contribution in [0.15, 0.2) is 57.9 Å². The van der Waals surface area contributed by atoms with Crippen LogP contribution in [0.25, 0.3) is 49.3 Å². The summed E-state index contributed by atoms with van der Waals surface area (Å²) in [6.45, 7) is 0. The second-order valence-corrected chi connectivity index (χ2v) is 8.85. The molecule has 6 rings (SSSR count). The van der Waals surface area contributed by atoms with E-state index in [9.17, 15) is 20.1 Å². The van der Waals surface area contributed by atoms with Gasteiger partial charge in [-0.15, -0.1) is 0 Å². The zero-order chi connectivity index (χ0) is 27.6. The third-order valence-corrected chi connectivity index (χ3v) is 6.95. The highest BCUT2D eigenvalue weighted by Gasteiger charge is 2.26. The minimum absolute atomic E-state index is 0.0565. The van der Waals surface area contributed by atoms with Crippen molar-refractivity contribution < 1.29 is 38.7 Å². The topological polar surface area (TPSA) is 132 Å². The molecule has 0 spiro atoms. The molecule has 10 heteroatoms. The van der Waals surface area contributed by atoms with Crippen molar-refractivity contribution in [1.29, 1.82) is 0 Å². The van der Waals surface area contributed by atoms with Crippen molar-refractivity contribution in [2.45, 2.75) is 0 Å². The van der Waals surface area contributed by atoms with Crippen LogP contribution in [0.5, 0.6) is 40.2 Å². The largest absolute Gasteiger partial charge is 0.504 e. The number of aromatic hydroxyl groups is 3. The van der Waals surface area contributed by atoms with E-state index in [2.05, 4.69) is 0 Å². The maximum absolute atomic E-state index is 13.5. The number of rotatable bonds is 5. The predicted molar refractivity (Wildman–Crippen MR) is 145 cm³/mol. The highest BCUT2D eigenvalue weighted by molar-refractivity contribution is 6.22. The van der Waals surface area contributed by atoms with E-state index in [4.69, 9.17) is 23.4 Å². The van der Waals surface area contributed by atoms with Gasteiger partial charge in [0.25, 0.3) is 0 Å². The van der Waals surface area contributed by atoms with Gasteiger partial charge in [0.1, 0.15) is 11.1 Å². The average Bonchev–Trinajstić information content (AvgIpc) is 3.29. The van der Waals surface area contributed by atoms with Gasteiger partial charge in [0.05, 0.1) is 34.0 Å². The van der Waals surface area contributed by atoms with Gasteiger partial charge in [-0.25, -0.2) is 4.79 Å². The Labute approximate surface area is 220 Å². The number of benzene rings is 3. The molecule has 0 aliphatic carbocycles. The fourth-order valence-electron chi connectivity index (χ4n) is 5.22. The van der Waals surface area contributed by atoms with E-state index in [1.807, 2.05) is 0 Å². The zero-order valence-electron chi connectivity index (χ0n) is 21.4. The SMILES string of the molecule is COc1cc(-c2c3c4cc(OC)c(O)cc4oc(=O)c3n3ccc4c(O)c(OC)c(OC)cc4c23)ccc1O. The van der Waals surface area contributed by atoms with Crippen LogP contribution in [-0.2, 0) is 0 Å². The van der Waals surface area contributed by atoms with Crippen LogP contribution in [0, 0.1) is 0 Å². The van der Waals surface area contributed by atoms with Gasteiger partial charge < -0.3 is 43.1 Å². The molecule has 198 valence electrons. The lowest BCUT2D eigenvalue weighted by Crippen LogP contribution is -2.02. The Morgan fingerprint density at radius 2 is 1.41 bits per heavy atom. The molecule has 0 bridgehead atoms. The summed E-state index contributed by atoms with van der Waals surface area (Å²) in [7, 11) is 5.76. The first kappa shape index (κ1) is 24.1. The lowest BCUT2D eigenvalue weighted by atomic mass is 9.97. The smallest absolute Gasteiger partial charge is 0.361 e. The molecule has 0 unspecified atom stereocenters. The van der Waals surface area contributed by atoms with Crippen LogP contribution in [0.3, 0.4) is 0 Å². The van der Waals surface area contributed by atoms with Gasteiger partial charge >= 0.3 is 5.63 Å². The van der Waals surface area contributed by atoms with E-state index in [0.29, 0.717) is 43.9 Å². The van der Waals surface area contributed by atoms with Crippen molar-refractivity contribution in [1.82, 2.24) is 4.40 Å². The van der Waals surface area contributed by atoms with Crippen molar-refractivity contribution in [2.24, 2.45) is 0 Å². The molecular formula is C29H23NO9. The minimum Gasteiger partial charge on any atom is -0.504 e. The molecule has 3 N–H and O–H groups in total. The molecule has 10 nitrogen and oxygen atoms in total. The van der Waals surface area contributed by atoms with Crippen LogP contribution in [0.1, 0.15) is 0 Å². The van der Waals surface area contributed by atoms with Crippen LogP contribution in [-0.4, -0.2) is 48.2 Å². The molecule has 0 radical (unpaired) electrons. The second-order valence-electron chi connectivity index (χ2n) is 8.85. The molecule has 3 heterocycles. The van der Waals surface area contributed by atoms with Crippen molar-refractivity contribution in [2.75, 3.05) is 28.4 Å². The molecule has 0 aliphatic heterocycles. The number of pyridine rings is 1. The summed E-state index contributed by atoms with van der Waals surface area (Å²) in [6, 6.07) is 11.2. The van der Waals surface area contributed by atoms with Crippen LogP contribution >= 0.6 is 0 Å². The summed E-state index contributed by atoms with van der Waals surface area (Å²) >= 11 is 0. The molecule has 0 amide bonds. The van der Waals surface area contributed by atoms with Crippen molar-refractivity contribution in [3.8, 4) is 51.4 Å². The Morgan fingerprint density at radius 3 is 2.10 bits per heavy atom. The monoisotopic (exact) mass is 529 g/mol. The molecule has 6 aromatic rings. The van der Waals surface area contributed by atoms with Gasteiger partial charge in [0.2, 0.25) is 5.75 Å². The number of phenolic OH excluding ortho intramolecular Hbond substituents is 3. The van der Waals surface area contributed by atoms with E-state index < -0.39 is 5.63 Å². The van der Waals surface area contributed by atoms with Gasteiger partial charge in [-0.2, -0.15) is 0 Å². The van der Waals surface area contributed by atoms with E-state index in [-0.39, 0.29) is 45.6 Å². The molecular weight excluding hydrogens is 506 g/mol. The maximum atomic E-state index is 13.5.